The summed E-state index contributed by atoms with van der Waals surface area (Å²) >= 11 is 0. The molecule has 1 heterocycles. The monoisotopic (exact) mass is 262 g/mol. The molecule has 2 aromatic rings. The highest BCUT2D eigenvalue weighted by molar-refractivity contribution is 5.89. The third-order valence-corrected chi connectivity index (χ3v) is 2.93. The molecular weight excluding hydrogens is 247 g/mol. The molecule has 0 saturated carbocycles. The normalized spacial score (nSPS) is 10.4. The zero-order valence-corrected chi connectivity index (χ0v) is 10.6. The quantitative estimate of drug-likeness (QED) is 0.871. The number of hydrogen-bond acceptors (Lipinski definition) is 2. The second-order valence-corrected chi connectivity index (χ2v) is 4.14. The Bertz CT molecular complexity index is 593. The van der Waals surface area contributed by atoms with E-state index in [1.54, 1.807) is 0 Å². The molecule has 0 aliphatic carbocycles. The molecular formula is C14H15FN2O2. The molecule has 1 aromatic carbocycles. The van der Waals surface area contributed by atoms with Crippen LogP contribution in [0.5, 0.6) is 0 Å². The predicted octanol–water partition coefficient (Wildman–Crippen LogP) is 2.96. The molecule has 2 N–H and O–H groups in total. The van der Waals surface area contributed by atoms with E-state index in [1.165, 1.54) is 12.1 Å². The van der Waals surface area contributed by atoms with Crippen molar-refractivity contribution in [1.82, 2.24) is 4.57 Å². The summed E-state index contributed by atoms with van der Waals surface area (Å²) in [6.45, 7) is 3.48. The highest BCUT2D eigenvalue weighted by atomic mass is 19.1. The van der Waals surface area contributed by atoms with Gasteiger partial charge in [0, 0.05) is 24.1 Å². The minimum absolute atomic E-state index is 0.323. The first-order chi connectivity index (χ1) is 9.11. The summed E-state index contributed by atoms with van der Waals surface area (Å²) in [6, 6.07) is 7.93. The molecule has 19 heavy (non-hydrogen) atoms. The third kappa shape index (κ3) is 2.93. The SMILES string of the molecule is CCn1cccc1CNc1ccc(F)c(C(=O)O)c1. The zero-order valence-electron chi connectivity index (χ0n) is 10.6. The van der Waals surface area contributed by atoms with Gasteiger partial charge in [-0.25, -0.2) is 9.18 Å². The summed E-state index contributed by atoms with van der Waals surface area (Å²) < 4.78 is 15.3. The average molecular weight is 262 g/mol. The average Bonchev–Trinajstić information content (AvgIpc) is 2.84. The molecule has 0 unspecified atom stereocenters. The van der Waals surface area contributed by atoms with Crippen LogP contribution < -0.4 is 5.32 Å². The molecule has 5 heteroatoms. The minimum Gasteiger partial charge on any atom is -0.478 e. The van der Waals surface area contributed by atoms with E-state index < -0.39 is 11.8 Å². The maximum Gasteiger partial charge on any atom is 0.338 e. The lowest BCUT2D eigenvalue weighted by molar-refractivity contribution is 0.0692. The molecule has 2 rings (SSSR count). The summed E-state index contributed by atoms with van der Waals surface area (Å²) in [7, 11) is 0. The summed E-state index contributed by atoms with van der Waals surface area (Å²) in [5.41, 5.74) is 1.35. The number of carbonyl (C=O) groups is 1. The van der Waals surface area contributed by atoms with Crippen molar-refractivity contribution in [3.8, 4) is 0 Å². The van der Waals surface area contributed by atoms with Crippen molar-refractivity contribution >= 4 is 11.7 Å². The molecule has 0 radical (unpaired) electrons. The number of rotatable bonds is 5. The second-order valence-electron chi connectivity index (χ2n) is 4.14. The Kier molecular flexibility index (Phi) is 3.85. The number of carboxylic acid groups (broad SMARTS) is 1. The summed E-state index contributed by atoms with van der Waals surface area (Å²) in [4.78, 5) is 10.8. The number of carboxylic acids is 1. The first kappa shape index (κ1) is 13.1. The molecule has 0 bridgehead atoms. The highest BCUT2D eigenvalue weighted by Gasteiger charge is 2.10. The molecule has 4 nitrogen and oxygen atoms in total. The summed E-state index contributed by atoms with van der Waals surface area (Å²) in [5.74, 6) is -1.99. The zero-order chi connectivity index (χ0) is 13.8. The number of nitrogens with zero attached hydrogens (tertiary/aromatic N) is 1. The van der Waals surface area contributed by atoms with Gasteiger partial charge in [0.2, 0.25) is 0 Å². The largest absolute Gasteiger partial charge is 0.478 e. The first-order valence-electron chi connectivity index (χ1n) is 6.02. The van der Waals surface area contributed by atoms with Gasteiger partial charge in [-0.1, -0.05) is 0 Å². The number of nitrogens with one attached hydrogen (secondary N) is 1. The Labute approximate surface area is 110 Å². The van der Waals surface area contributed by atoms with E-state index in [9.17, 15) is 9.18 Å². The number of aryl methyl sites for hydroxylation is 1. The van der Waals surface area contributed by atoms with Gasteiger partial charge in [-0.2, -0.15) is 0 Å². The van der Waals surface area contributed by atoms with Crippen molar-refractivity contribution in [3.63, 3.8) is 0 Å². The van der Waals surface area contributed by atoms with E-state index in [0.717, 1.165) is 18.3 Å². The van der Waals surface area contributed by atoms with Gasteiger partial charge in [-0.05, 0) is 37.3 Å². The number of halogens is 1. The smallest absolute Gasteiger partial charge is 0.338 e. The molecule has 0 amide bonds. The Hall–Kier alpha value is -2.30. The fourth-order valence-corrected chi connectivity index (χ4v) is 1.91. The van der Waals surface area contributed by atoms with Gasteiger partial charge in [0.05, 0.1) is 12.1 Å². The third-order valence-electron chi connectivity index (χ3n) is 2.93. The van der Waals surface area contributed by atoms with Crippen LogP contribution in [-0.4, -0.2) is 15.6 Å². The van der Waals surface area contributed by atoms with Crippen molar-refractivity contribution in [2.75, 3.05) is 5.32 Å². The van der Waals surface area contributed by atoms with Gasteiger partial charge < -0.3 is 15.0 Å². The number of aromatic nitrogens is 1. The van der Waals surface area contributed by atoms with E-state index in [1.807, 2.05) is 25.3 Å². The Morgan fingerprint density at radius 1 is 1.42 bits per heavy atom. The molecule has 0 fully saturated rings. The molecule has 100 valence electrons. The van der Waals surface area contributed by atoms with Crippen molar-refractivity contribution in [3.05, 3.63) is 53.6 Å². The van der Waals surface area contributed by atoms with Gasteiger partial charge in [0.1, 0.15) is 5.82 Å². The Morgan fingerprint density at radius 2 is 2.21 bits per heavy atom. The van der Waals surface area contributed by atoms with Crippen molar-refractivity contribution in [2.45, 2.75) is 20.0 Å². The number of aromatic carboxylic acids is 1. The lowest BCUT2D eigenvalue weighted by atomic mass is 10.2. The predicted molar refractivity (Wildman–Crippen MR) is 70.8 cm³/mol. The second kappa shape index (κ2) is 5.56. The molecule has 0 saturated heterocycles. The fourth-order valence-electron chi connectivity index (χ4n) is 1.91. The lowest BCUT2D eigenvalue weighted by Crippen LogP contribution is -2.07. The van der Waals surface area contributed by atoms with Crippen molar-refractivity contribution in [1.29, 1.82) is 0 Å². The summed E-state index contributed by atoms with van der Waals surface area (Å²) in [5, 5.41) is 11.9. The Morgan fingerprint density at radius 3 is 2.89 bits per heavy atom. The van der Waals surface area contributed by atoms with Gasteiger partial charge >= 0.3 is 5.97 Å². The van der Waals surface area contributed by atoms with E-state index in [-0.39, 0.29) is 5.56 Å². The first-order valence-corrected chi connectivity index (χ1v) is 6.02. The van der Waals surface area contributed by atoms with Crippen LogP contribution in [0.1, 0.15) is 23.0 Å². The van der Waals surface area contributed by atoms with Crippen LogP contribution in [0.4, 0.5) is 10.1 Å². The van der Waals surface area contributed by atoms with Crippen molar-refractivity contribution in [2.24, 2.45) is 0 Å². The molecule has 0 spiro atoms. The van der Waals surface area contributed by atoms with Crippen LogP contribution in [0.3, 0.4) is 0 Å². The standard InChI is InChI=1S/C14H15FN2O2/c1-2-17-7-3-4-11(17)9-16-10-5-6-13(15)12(8-10)14(18)19/h3-8,16H,2,9H2,1H3,(H,18,19). The maximum atomic E-state index is 13.2. The van der Waals surface area contributed by atoms with Gasteiger partial charge in [-0.15, -0.1) is 0 Å². The van der Waals surface area contributed by atoms with Crippen LogP contribution in [0.2, 0.25) is 0 Å². The lowest BCUT2D eigenvalue weighted by Gasteiger charge is -2.10. The van der Waals surface area contributed by atoms with Crippen LogP contribution in [0, 0.1) is 5.82 Å². The van der Waals surface area contributed by atoms with Crippen LogP contribution in [-0.2, 0) is 13.1 Å². The minimum atomic E-state index is -1.27. The summed E-state index contributed by atoms with van der Waals surface area (Å²) in [6.07, 6.45) is 1.98. The van der Waals surface area contributed by atoms with E-state index >= 15 is 0 Å². The number of benzene rings is 1. The molecule has 0 atom stereocenters. The van der Waals surface area contributed by atoms with Crippen molar-refractivity contribution < 1.29 is 14.3 Å². The Balaban J connectivity index is 2.12. The van der Waals surface area contributed by atoms with Gasteiger partial charge in [0.15, 0.2) is 0 Å². The van der Waals surface area contributed by atoms with Crippen LogP contribution in [0.15, 0.2) is 36.5 Å². The fraction of sp³-hybridized carbons (Fsp3) is 0.214. The molecule has 0 aliphatic heterocycles. The molecule has 1 aromatic heterocycles. The van der Waals surface area contributed by atoms with Crippen LogP contribution in [0.25, 0.3) is 0 Å². The van der Waals surface area contributed by atoms with E-state index in [0.29, 0.717) is 12.2 Å². The van der Waals surface area contributed by atoms with E-state index in [2.05, 4.69) is 9.88 Å². The highest BCUT2D eigenvalue weighted by Crippen LogP contribution is 2.16. The van der Waals surface area contributed by atoms with Gasteiger partial charge in [-0.3, -0.25) is 0 Å². The van der Waals surface area contributed by atoms with E-state index in [4.69, 9.17) is 5.11 Å². The number of anilines is 1. The topological polar surface area (TPSA) is 54.3 Å². The van der Waals surface area contributed by atoms with Crippen LogP contribution >= 0.6 is 0 Å². The molecule has 0 aliphatic rings. The van der Waals surface area contributed by atoms with Gasteiger partial charge in [0.25, 0.3) is 0 Å². The number of hydrogen-bond donors (Lipinski definition) is 2. The maximum absolute atomic E-state index is 13.2.